The molecule has 0 atom stereocenters. The molecule has 0 aliphatic heterocycles. The minimum absolute atomic E-state index is 0.231. The van der Waals surface area contributed by atoms with Gasteiger partial charge in [0.2, 0.25) is 5.28 Å². The van der Waals surface area contributed by atoms with Crippen LogP contribution in [0.15, 0.2) is 0 Å². The van der Waals surface area contributed by atoms with Crippen molar-refractivity contribution in [2.75, 3.05) is 17.6 Å². The first kappa shape index (κ1) is 15.0. The number of hydrogen-bond acceptors (Lipinski definition) is 4. The lowest BCUT2D eigenvalue weighted by Gasteiger charge is -2.25. The minimum atomic E-state index is 0.231. The van der Waals surface area contributed by atoms with Gasteiger partial charge in [0.05, 0.1) is 11.4 Å². The van der Waals surface area contributed by atoms with Crippen molar-refractivity contribution in [3.05, 3.63) is 11.0 Å². The van der Waals surface area contributed by atoms with Crippen LogP contribution in [-0.2, 0) is 0 Å². The molecule has 0 bridgehead atoms. The number of halogens is 1. The zero-order valence-electron chi connectivity index (χ0n) is 11.8. The van der Waals surface area contributed by atoms with Gasteiger partial charge in [0.1, 0.15) is 0 Å². The fraction of sp³-hybridized carbons (Fsp3) is 0.692. The highest BCUT2D eigenvalue weighted by Gasteiger charge is 2.18. The van der Waals surface area contributed by atoms with Crippen LogP contribution in [0.5, 0.6) is 0 Å². The van der Waals surface area contributed by atoms with Gasteiger partial charge in [-0.15, -0.1) is 0 Å². The van der Waals surface area contributed by atoms with Crippen molar-refractivity contribution in [1.29, 1.82) is 0 Å². The van der Waals surface area contributed by atoms with Crippen LogP contribution in [0.2, 0.25) is 5.28 Å². The number of nitrogen functional groups attached to an aromatic ring is 1. The Morgan fingerprint density at radius 2 is 1.72 bits per heavy atom. The maximum absolute atomic E-state index is 5.94. The fourth-order valence-electron chi connectivity index (χ4n) is 2.14. The van der Waals surface area contributed by atoms with E-state index in [9.17, 15) is 0 Å². The summed E-state index contributed by atoms with van der Waals surface area (Å²) in [6.07, 6.45) is 0. The van der Waals surface area contributed by atoms with E-state index in [-0.39, 0.29) is 5.28 Å². The minimum Gasteiger partial charge on any atom is -0.394 e. The van der Waals surface area contributed by atoms with Gasteiger partial charge < -0.3 is 11.1 Å². The molecule has 0 aliphatic rings. The van der Waals surface area contributed by atoms with Gasteiger partial charge in [-0.25, -0.2) is 4.98 Å². The number of rotatable bonds is 5. The summed E-state index contributed by atoms with van der Waals surface area (Å²) in [6, 6.07) is 0. The molecule has 3 N–H and O–H groups in total. The number of anilines is 2. The predicted octanol–water partition coefficient (Wildman–Crippen LogP) is 3.36. The molecular formula is C13H23ClN4. The second-order valence-corrected chi connectivity index (χ2v) is 5.71. The molecule has 1 rings (SSSR count). The summed E-state index contributed by atoms with van der Waals surface area (Å²) in [6.45, 7) is 11.6. The molecule has 18 heavy (non-hydrogen) atoms. The van der Waals surface area contributed by atoms with Crippen LogP contribution in [0.4, 0.5) is 11.5 Å². The molecule has 0 fully saturated rings. The first-order valence-corrected chi connectivity index (χ1v) is 6.74. The Hall–Kier alpha value is -1.03. The number of aryl methyl sites for hydroxylation is 1. The maximum Gasteiger partial charge on any atom is 0.224 e. The van der Waals surface area contributed by atoms with Crippen LogP contribution in [0.25, 0.3) is 0 Å². The SMILES string of the molecule is Cc1nc(Cl)nc(NCC(C(C)C)C(C)C)c1N. The van der Waals surface area contributed by atoms with Crippen LogP contribution in [0, 0.1) is 24.7 Å². The van der Waals surface area contributed by atoms with Gasteiger partial charge in [-0.1, -0.05) is 27.7 Å². The number of aromatic nitrogens is 2. The van der Waals surface area contributed by atoms with Crippen molar-refractivity contribution in [3.8, 4) is 0 Å². The summed E-state index contributed by atoms with van der Waals surface area (Å²) in [5.74, 6) is 2.42. The Balaban J connectivity index is 2.79. The molecule has 0 saturated carbocycles. The van der Waals surface area contributed by atoms with E-state index in [4.69, 9.17) is 17.3 Å². The van der Waals surface area contributed by atoms with E-state index in [2.05, 4.69) is 43.0 Å². The number of hydrogen-bond donors (Lipinski definition) is 2. The van der Waals surface area contributed by atoms with Gasteiger partial charge in [-0.3, -0.25) is 0 Å². The van der Waals surface area contributed by atoms with E-state index in [1.54, 1.807) is 0 Å². The summed E-state index contributed by atoms with van der Waals surface area (Å²) in [4.78, 5) is 8.16. The van der Waals surface area contributed by atoms with Crippen molar-refractivity contribution >= 4 is 23.1 Å². The summed E-state index contributed by atoms with van der Waals surface area (Å²) in [5.41, 5.74) is 7.23. The molecule has 0 amide bonds. The van der Waals surface area contributed by atoms with Gasteiger partial charge in [-0.2, -0.15) is 4.98 Å². The summed E-state index contributed by atoms with van der Waals surface area (Å²) in [7, 11) is 0. The lowest BCUT2D eigenvalue weighted by Crippen LogP contribution is -2.25. The largest absolute Gasteiger partial charge is 0.394 e. The lowest BCUT2D eigenvalue weighted by molar-refractivity contribution is 0.304. The summed E-state index contributed by atoms with van der Waals surface area (Å²) >= 11 is 5.84. The van der Waals surface area contributed by atoms with Crippen molar-refractivity contribution in [1.82, 2.24) is 9.97 Å². The van der Waals surface area contributed by atoms with Crippen molar-refractivity contribution < 1.29 is 0 Å². The third-order valence-electron chi connectivity index (χ3n) is 3.33. The normalized spacial score (nSPS) is 11.6. The second kappa shape index (κ2) is 6.23. The predicted molar refractivity (Wildman–Crippen MR) is 77.8 cm³/mol. The average Bonchev–Trinajstić information content (AvgIpc) is 2.23. The first-order valence-electron chi connectivity index (χ1n) is 6.36. The van der Waals surface area contributed by atoms with E-state index in [0.717, 1.165) is 6.54 Å². The number of nitrogens with one attached hydrogen (secondary N) is 1. The molecule has 1 aromatic rings. The molecule has 0 aliphatic carbocycles. The molecule has 0 aromatic carbocycles. The molecule has 1 heterocycles. The highest BCUT2D eigenvalue weighted by atomic mass is 35.5. The fourth-order valence-corrected chi connectivity index (χ4v) is 2.35. The topological polar surface area (TPSA) is 63.8 Å². The van der Waals surface area contributed by atoms with Crippen LogP contribution >= 0.6 is 11.6 Å². The third kappa shape index (κ3) is 3.73. The Morgan fingerprint density at radius 3 is 2.22 bits per heavy atom. The molecule has 4 nitrogen and oxygen atoms in total. The monoisotopic (exact) mass is 270 g/mol. The van der Waals surface area contributed by atoms with E-state index in [1.807, 2.05) is 6.92 Å². The molecule has 0 saturated heterocycles. The first-order chi connectivity index (χ1) is 8.32. The number of nitrogens with two attached hydrogens (primary N) is 1. The van der Waals surface area contributed by atoms with Gasteiger partial charge >= 0.3 is 0 Å². The Kier molecular flexibility index (Phi) is 5.20. The van der Waals surface area contributed by atoms with E-state index >= 15 is 0 Å². The average molecular weight is 271 g/mol. The van der Waals surface area contributed by atoms with Crippen molar-refractivity contribution in [2.45, 2.75) is 34.6 Å². The van der Waals surface area contributed by atoms with Crippen molar-refractivity contribution in [3.63, 3.8) is 0 Å². The molecule has 5 heteroatoms. The maximum atomic E-state index is 5.94. The highest BCUT2D eigenvalue weighted by molar-refractivity contribution is 6.28. The Morgan fingerprint density at radius 1 is 1.17 bits per heavy atom. The van der Waals surface area contributed by atoms with E-state index < -0.39 is 0 Å². The molecule has 0 radical (unpaired) electrons. The molecule has 0 unspecified atom stereocenters. The van der Waals surface area contributed by atoms with Crippen LogP contribution in [0.3, 0.4) is 0 Å². The molecular weight excluding hydrogens is 248 g/mol. The van der Waals surface area contributed by atoms with Gasteiger partial charge in [0.25, 0.3) is 0 Å². The zero-order valence-corrected chi connectivity index (χ0v) is 12.5. The molecule has 0 spiro atoms. The summed E-state index contributed by atoms with van der Waals surface area (Å²) in [5, 5.41) is 3.53. The van der Waals surface area contributed by atoms with E-state index in [1.165, 1.54) is 0 Å². The smallest absolute Gasteiger partial charge is 0.224 e. The number of nitrogens with zero attached hydrogens (tertiary/aromatic N) is 2. The van der Waals surface area contributed by atoms with Crippen LogP contribution in [0.1, 0.15) is 33.4 Å². The van der Waals surface area contributed by atoms with Crippen LogP contribution < -0.4 is 11.1 Å². The lowest BCUT2D eigenvalue weighted by atomic mass is 9.85. The highest BCUT2D eigenvalue weighted by Crippen LogP contribution is 2.24. The second-order valence-electron chi connectivity index (χ2n) is 5.37. The Labute approximate surface area is 114 Å². The summed E-state index contributed by atoms with van der Waals surface area (Å²) < 4.78 is 0. The van der Waals surface area contributed by atoms with Crippen molar-refractivity contribution in [2.24, 2.45) is 17.8 Å². The quantitative estimate of drug-likeness (QED) is 0.806. The zero-order chi connectivity index (χ0) is 13.9. The van der Waals surface area contributed by atoms with Gasteiger partial charge in [0.15, 0.2) is 5.82 Å². The molecule has 102 valence electrons. The van der Waals surface area contributed by atoms with Gasteiger partial charge in [-0.05, 0) is 36.3 Å². The molecule has 1 aromatic heterocycles. The third-order valence-corrected chi connectivity index (χ3v) is 3.50. The Bertz CT molecular complexity index is 396. The van der Waals surface area contributed by atoms with Gasteiger partial charge in [0, 0.05) is 6.54 Å². The van der Waals surface area contributed by atoms with Crippen LogP contribution in [-0.4, -0.2) is 16.5 Å². The van der Waals surface area contributed by atoms with E-state index in [0.29, 0.717) is 35.0 Å². The standard InChI is InChI=1S/C13H23ClN4/c1-7(2)10(8(3)4)6-16-12-11(15)9(5)17-13(14)18-12/h7-8,10H,6,15H2,1-5H3,(H,16,17,18).